The molecule has 3 rings (SSSR count). The summed E-state index contributed by atoms with van der Waals surface area (Å²) in [6.45, 7) is 1.62. The van der Waals surface area contributed by atoms with Gasteiger partial charge in [-0.05, 0) is 41.1 Å². The summed E-state index contributed by atoms with van der Waals surface area (Å²) in [7, 11) is 0. The average Bonchev–Trinajstić information content (AvgIpc) is 3.09. The third-order valence-electron chi connectivity index (χ3n) is 3.37. The Balaban J connectivity index is 1.51. The van der Waals surface area contributed by atoms with Crippen molar-refractivity contribution < 1.29 is 18.8 Å². The Kier molecular flexibility index (Phi) is 5.90. The first-order valence-electron chi connectivity index (χ1n) is 7.64. The zero-order chi connectivity index (χ0) is 18.5. The minimum absolute atomic E-state index is 0.122. The van der Waals surface area contributed by atoms with Gasteiger partial charge < -0.3 is 14.0 Å². The Bertz CT molecular complexity index is 912. The molecule has 134 valence electrons. The first-order valence-corrected chi connectivity index (χ1v) is 8.81. The quantitative estimate of drug-likeness (QED) is 0.525. The molecule has 3 aromatic rings. The van der Waals surface area contributed by atoms with Crippen LogP contribution in [0.1, 0.15) is 11.5 Å². The summed E-state index contributed by atoms with van der Waals surface area (Å²) >= 11 is 9.16. The topological polar surface area (TPSA) is 74.5 Å². The van der Waals surface area contributed by atoms with Crippen LogP contribution in [0.25, 0.3) is 11.4 Å². The van der Waals surface area contributed by atoms with Crippen molar-refractivity contribution in [3.05, 3.63) is 63.4 Å². The fraction of sp³-hybridized carbons (Fsp3) is 0.167. The highest BCUT2D eigenvalue weighted by molar-refractivity contribution is 9.10. The molecule has 0 aliphatic rings. The van der Waals surface area contributed by atoms with Gasteiger partial charge in [-0.3, -0.25) is 0 Å². The minimum Gasteiger partial charge on any atom is -0.481 e. The number of aryl methyl sites for hydroxylation is 1. The van der Waals surface area contributed by atoms with Gasteiger partial charge in [0.25, 0.3) is 5.89 Å². The molecule has 0 bridgehead atoms. The lowest BCUT2D eigenvalue weighted by Crippen LogP contribution is -2.15. The fourth-order valence-corrected chi connectivity index (χ4v) is 2.84. The number of aromatic nitrogens is 2. The first kappa shape index (κ1) is 18.4. The van der Waals surface area contributed by atoms with Crippen LogP contribution in [0.2, 0.25) is 5.02 Å². The molecule has 0 unspecified atom stereocenters. The van der Waals surface area contributed by atoms with Gasteiger partial charge in [0.05, 0.1) is 4.47 Å². The Morgan fingerprint density at radius 1 is 1.23 bits per heavy atom. The van der Waals surface area contributed by atoms with Crippen molar-refractivity contribution in [2.45, 2.75) is 13.5 Å². The smallest absolute Gasteiger partial charge is 0.344 e. The number of carbonyl (C=O) groups is 1. The number of hydrogen-bond donors (Lipinski definition) is 0. The van der Waals surface area contributed by atoms with Gasteiger partial charge in [-0.15, -0.1) is 0 Å². The van der Waals surface area contributed by atoms with E-state index in [0.717, 1.165) is 11.1 Å². The molecule has 0 aliphatic carbocycles. The molecule has 0 saturated carbocycles. The molecule has 8 heteroatoms. The monoisotopic (exact) mass is 436 g/mol. The second kappa shape index (κ2) is 8.33. The van der Waals surface area contributed by atoms with Crippen LogP contribution in [0, 0.1) is 6.92 Å². The third-order valence-corrected chi connectivity index (χ3v) is 4.23. The van der Waals surface area contributed by atoms with E-state index >= 15 is 0 Å². The van der Waals surface area contributed by atoms with Crippen LogP contribution in [0.3, 0.4) is 0 Å². The first-order chi connectivity index (χ1) is 12.5. The van der Waals surface area contributed by atoms with Gasteiger partial charge in [0.1, 0.15) is 5.75 Å². The summed E-state index contributed by atoms with van der Waals surface area (Å²) in [6, 6.07) is 12.7. The van der Waals surface area contributed by atoms with E-state index in [1.54, 1.807) is 18.2 Å². The van der Waals surface area contributed by atoms with Crippen LogP contribution >= 0.6 is 27.5 Å². The normalized spacial score (nSPS) is 10.6. The van der Waals surface area contributed by atoms with E-state index in [4.69, 9.17) is 25.6 Å². The van der Waals surface area contributed by atoms with Crippen LogP contribution in [-0.4, -0.2) is 22.7 Å². The van der Waals surface area contributed by atoms with Crippen LogP contribution < -0.4 is 4.74 Å². The van der Waals surface area contributed by atoms with Crippen molar-refractivity contribution in [3.63, 3.8) is 0 Å². The van der Waals surface area contributed by atoms with E-state index in [9.17, 15) is 4.79 Å². The number of carbonyl (C=O) groups excluding carboxylic acids is 1. The number of halogens is 2. The lowest BCUT2D eigenvalue weighted by molar-refractivity contribution is -0.148. The Labute approximate surface area is 163 Å². The van der Waals surface area contributed by atoms with Crippen molar-refractivity contribution in [3.8, 4) is 17.1 Å². The number of nitrogens with zero attached hydrogens (tertiary/aromatic N) is 2. The number of esters is 1. The highest BCUT2D eigenvalue weighted by atomic mass is 79.9. The van der Waals surface area contributed by atoms with Crippen LogP contribution in [-0.2, 0) is 16.1 Å². The maximum absolute atomic E-state index is 11.8. The molecule has 26 heavy (non-hydrogen) atoms. The number of hydrogen-bond acceptors (Lipinski definition) is 6. The number of rotatable bonds is 6. The van der Waals surface area contributed by atoms with E-state index in [-0.39, 0.29) is 19.1 Å². The van der Waals surface area contributed by atoms with Crippen molar-refractivity contribution in [2.75, 3.05) is 6.61 Å². The van der Waals surface area contributed by atoms with E-state index < -0.39 is 5.97 Å². The average molecular weight is 438 g/mol. The van der Waals surface area contributed by atoms with Crippen molar-refractivity contribution in [1.82, 2.24) is 10.1 Å². The van der Waals surface area contributed by atoms with Crippen molar-refractivity contribution in [2.24, 2.45) is 0 Å². The lowest BCUT2D eigenvalue weighted by atomic mass is 10.1. The van der Waals surface area contributed by atoms with Crippen molar-refractivity contribution >= 4 is 33.5 Å². The Morgan fingerprint density at radius 3 is 2.73 bits per heavy atom. The van der Waals surface area contributed by atoms with Gasteiger partial charge in [-0.1, -0.05) is 46.6 Å². The highest BCUT2D eigenvalue weighted by Gasteiger charge is 2.12. The van der Waals surface area contributed by atoms with Crippen LogP contribution in [0.5, 0.6) is 5.75 Å². The third kappa shape index (κ3) is 4.83. The molecule has 1 heterocycles. The summed E-state index contributed by atoms with van der Waals surface area (Å²) in [6.07, 6.45) is 0. The lowest BCUT2D eigenvalue weighted by Gasteiger charge is -2.07. The number of benzene rings is 2. The Morgan fingerprint density at radius 2 is 2.00 bits per heavy atom. The molecule has 2 aromatic carbocycles. The molecule has 0 spiro atoms. The van der Waals surface area contributed by atoms with Gasteiger partial charge in [0.2, 0.25) is 5.82 Å². The fourth-order valence-electron chi connectivity index (χ4n) is 2.05. The summed E-state index contributed by atoms with van der Waals surface area (Å²) in [5.74, 6) is 0.590. The maximum Gasteiger partial charge on any atom is 0.344 e. The molecule has 0 saturated heterocycles. The second-order valence-electron chi connectivity index (χ2n) is 5.40. The van der Waals surface area contributed by atoms with Gasteiger partial charge in [-0.2, -0.15) is 4.98 Å². The highest BCUT2D eigenvalue weighted by Crippen LogP contribution is 2.27. The standard InChI is InChI=1S/C18H14BrClN2O4/c1-11-2-4-12(5-3-11)18-21-16(26-22-18)9-25-17(23)10-24-15-7-6-13(20)8-14(15)19/h2-8H,9-10H2,1H3. The summed E-state index contributed by atoms with van der Waals surface area (Å²) < 4.78 is 16.2. The Hall–Kier alpha value is -2.38. The largest absolute Gasteiger partial charge is 0.481 e. The predicted octanol–water partition coefficient (Wildman–Crippen LogP) is 4.58. The summed E-state index contributed by atoms with van der Waals surface area (Å²) in [4.78, 5) is 16.0. The van der Waals surface area contributed by atoms with Gasteiger partial charge in [0, 0.05) is 10.6 Å². The van der Waals surface area contributed by atoms with Crippen LogP contribution in [0.4, 0.5) is 0 Å². The second-order valence-corrected chi connectivity index (χ2v) is 6.69. The molecular weight excluding hydrogens is 424 g/mol. The zero-order valence-electron chi connectivity index (χ0n) is 13.7. The molecule has 6 nitrogen and oxygen atoms in total. The van der Waals surface area contributed by atoms with E-state index in [1.165, 1.54) is 0 Å². The molecule has 0 N–H and O–H groups in total. The maximum atomic E-state index is 11.8. The van der Waals surface area contributed by atoms with E-state index in [0.29, 0.717) is 21.1 Å². The number of ether oxygens (including phenoxy) is 2. The molecule has 0 aliphatic heterocycles. The molecular formula is C18H14BrClN2O4. The minimum atomic E-state index is -0.554. The molecule has 0 radical (unpaired) electrons. The summed E-state index contributed by atoms with van der Waals surface area (Å²) in [5, 5.41) is 4.44. The molecule has 0 atom stereocenters. The summed E-state index contributed by atoms with van der Waals surface area (Å²) in [5.41, 5.74) is 1.96. The molecule has 0 fully saturated rings. The SMILES string of the molecule is Cc1ccc(-c2noc(COC(=O)COc3ccc(Cl)cc3Br)n2)cc1. The van der Waals surface area contributed by atoms with E-state index in [1.807, 2.05) is 31.2 Å². The van der Waals surface area contributed by atoms with Gasteiger partial charge >= 0.3 is 5.97 Å². The zero-order valence-corrected chi connectivity index (χ0v) is 16.1. The van der Waals surface area contributed by atoms with E-state index in [2.05, 4.69) is 26.1 Å². The van der Waals surface area contributed by atoms with Gasteiger partial charge in [-0.25, -0.2) is 4.79 Å². The molecule has 0 amide bonds. The predicted molar refractivity (Wildman–Crippen MR) is 98.9 cm³/mol. The van der Waals surface area contributed by atoms with Crippen molar-refractivity contribution in [1.29, 1.82) is 0 Å². The van der Waals surface area contributed by atoms with Gasteiger partial charge in [0.15, 0.2) is 13.2 Å². The molecule has 1 aromatic heterocycles. The van der Waals surface area contributed by atoms with Crippen LogP contribution in [0.15, 0.2) is 51.5 Å².